The second-order valence-electron chi connectivity index (χ2n) is 5.06. The highest BCUT2D eigenvalue weighted by molar-refractivity contribution is 7.71. The Bertz CT molecular complexity index is 881. The molecule has 1 aromatic rings. The molecule has 1 aliphatic rings. The lowest BCUT2D eigenvalue weighted by Crippen LogP contribution is -2.33. The molecule has 154 valence electrons. The molecule has 0 amide bonds. The van der Waals surface area contributed by atoms with E-state index in [-0.39, 0.29) is 4.77 Å². The molecule has 3 unspecified atom stereocenters. The molecule has 1 fully saturated rings. The molecule has 18 heteroatoms. The summed E-state index contributed by atoms with van der Waals surface area (Å²) in [6.07, 6.45) is -4.12. The number of hydrogen-bond donors (Lipinski definition) is 5. The van der Waals surface area contributed by atoms with Gasteiger partial charge < -0.3 is 29.3 Å². The topological polar surface area (TPSA) is 207 Å². The van der Waals surface area contributed by atoms with Crippen LogP contribution in [0.25, 0.3) is 0 Å². The van der Waals surface area contributed by atoms with Crippen LogP contribution in [0.3, 0.4) is 0 Å². The molecule has 2 heterocycles. The minimum absolute atomic E-state index is 0.0783. The first kappa shape index (κ1) is 22.8. The van der Waals surface area contributed by atoms with Crippen LogP contribution < -0.4 is 5.56 Å². The van der Waals surface area contributed by atoms with E-state index < -0.39 is 61.0 Å². The van der Waals surface area contributed by atoms with E-state index in [0.29, 0.717) is 0 Å². The van der Waals surface area contributed by atoms with Crippen LogP contribution in [-0.2, 0) is 31.6 Å². The third-order valence-electron chi connectivity index (χ3n) is 3.19. The zero-order valence-corrected chi connectivity index (χ0v) is 16.7. The van der Waals surface area contributed by atoms with Crippen LogP contribution in [0, 0.1) is 4.77 Å². The largest absolute Gasteiger partial charge is 0.476 e. The van der Waals surface area contributed by atoms with Crippen molar-refractivity contribution in [1.82, 2.24) is 9.55 Å². The predicted octanol–water partition coefficient (Wildman–Crippen LogP) is -0.553. The first-order valence-corrected chi connectivity index (χ1v) is 11.3. The molecule has 1 aromatic heterocycles. The Balaban J connectivity index is 1.95. The molecular formula is C9H15N2O12P3S. The van der Waals surface area contributed by atoms with Crippen LogP contribution >= 0.6 is 36.6 Å². The number of aliphatic hydroxyl groups excluding tert-OH is 2. The molecule has 2 rings (SSSR count). The Morgan fingerprint density at radius 1 is 1.30 bits per heavy atom. The lowest BCUT2D eigenvalue weighted by molar-refractivity contribution is -0.0507. The summed E-state index contributed by atoms with van der Waals surface area (Å²) in [5.41, 5.74) is -0.479. The number of H-pyrrole nitrogens is 1. The Kier molecular flexibility index (Phi) is 7.85. The molecule has 1 saturated heterocycles. The fourth-order valence-electron chi connectivity index (χ4n) is 2.09. The quantitative estimate of drug-likeness (QED) is 0.240. The SMILES string of the molecule is O=c1ccn([C@@H]2O[C@H](CO[PH](=O)O[PH](=O)OP(=O)(O)O)C(O)[C@@H]2O)c(=S)[nH]1. The van der Waals surface area contributed by atoms with E-state index in [1.807, 2.05) is 0 Å². The minimum Gasteiger partial charge on any atom is -0.387 e. The van der Waals surface area contributed by atoms with Crippen LogP contribution in [0.15, 0.2) is 17.1 Å². The monoisotopic (exact) mass is 468 g/mol. The average molecular weight is 468 g/mol. The van der Waals surface area contributed by atoms with Gasteiger partial charge in [-0.25, -0.2) is 13.2 Å². The Hall–Kier alpha value is -0.530. The molecule has 0 saturated carbocycles. The van der Waals surface area contributed by atoms with E-state index in [2.05, 4.69) is 13.6 Å². The summed E-state index contributed by atoms with van der Waals surface area (Å²) in [5, 5.41) is 20.1. The van der Waals surface area contributed by atoms with Crippen molar-refractivity contribution >= 4 is 36.6 Å². The number of phosphoric acid groups is 1. The van der Waals surface area contributed by atoms with Gasteiger partial charge in [-0.05, 0) is 12.2 Å². The zero-order chi connectivity index (χ0) is 20.4. The van der Waals surface area contributed by atoms with Crippen LogP contribution in [0.4, 0.5) is 0 Å². The summed E-state index contributed by atoms with van der Waals surface area (Å²) < 4.78 is 52.1. The van der Waals surface area contributed by atoms with Gasteiger partial charge in [0.15, 0.2) is 11.0 Å². The molecule has 0 spiro atoms. The Labute approximate surface area is 156 Å². The number of aromatic amines is 1. The molecular weight excluding hydrogens is 453 g/mol. The van der Waals surface area contributed by atoms with Gasteiger partial charge in [0, 0.05) is 12.3 Å². The second-order valence-corrected chi connectivity index (χ2v) is 9.26. The highest BCUT2D eigenvalue weighted by Crippen LogP contribution is 2.52. The van der Waals surface area contributed by atoms with E-state index in [0.717, 1.165) is 6.07 Å². The number of hydrogen-bond acceptors (Lipinski definition) is 11. The normalized spacial score (nSPS) is 28.1. The van der Waals surface area contributed by atoms with E-state index in [1.165, 1.54) is 10.8 Å². The summed E-state index contributed by atoms with van der Waals surface area (Å²) >= 11 is 4.93. The fourth-order valence-corrected chi connectivity index (χ4v) is 4.69. The zero-order valence-electron chi connectivity index (χ0n) is 13.0. The molecule has 0 radical (unpaired) electrons. The maximum absolute atomic E-state index is 11.5. The van der Waals surface area contributed by atoms with Crippen molar-refractivity contribution in [2.75, 3.05) is 6.61 Å². The maximum Gasteiger partial charge on any atom is 0.476 e. The van der Waals surface area contributed by atoms with Gasteiger partial charge in [0.05, 0.1) is 6.61 Å². The van der Waals surface area contributed by atoms with E-state index in [9.17, 15) is 28.7 Å². The average Bonchev–Trinajstić information content (AvgIpc) is 2.79. The van der Waals surface area contributed by atoms with Gasteiger partial charge in [0.25, 0.3) is 5.56 Å². The summed E-state index contributed by atoms with van der Waals surface area (Å²) in [6.45, 7) is -0.589. The van der Waals surface area contributed by atoms with Gasteiger partial charge in [-0.1, -0.05) is 0 Å². The van der Waals surface area contributed by atoms with Crippen molar-refractivity contribution in [3.8, 4) is 0 Å². The molecule has 0 aliphatic carbocycles. The van der Waals surface area contributed by atoms with Gasteiger partial charge in [-0.15, -0.1) is 0 Å². The standard InChI is InChI=1S/C9H15N2O12P3S/c12-5-1-2-11(9(27)10-5)8-7(14)6(13)4(21-8)3-20-24(15)22-25(16)23-26(17,18)19/h1-2,4,6-8,13-14,24-25H,3H2,(H,10,12,27)(H2,17,18,19)/t4-,6?,7+,8-/m1/s1. The van der Waals surface area contributed by atoms with Gasteiger partial charge in [-0.2, -0.15) is 0 Å². The molecule has 1 aliphatic heterocycles. The number of nitrogens with zero attached hydrogens (tertiary/aromatic N) is 1. The number of aromatic nitrogens is 2. The summed E-state index contributed by atoms with van der Waals surface area (Å²) in [5.74, 6) is 0. The Morgan fingerprint density at radius 2 is 1.96 bits per heavy atom. The van der Waals surface area contributed by atoms with Crippen molar-refractivity contribution in [1.29, 1.82) is 0 Å². The van der Waals surface area contributed by atoms with Gasteiger partial charge in [0.1, 0.15) is 18.3 Å². The van der Waals surface area contributed by atoms with Crippen molar-refractivity contribution < 1.29 is 51.6 Å². The lowest BCUT2D eigenvalue weighted by Gasteiger charge is -2.17. The van der Waals surface area contributed by atoms with Crippen molar-refractivity contribution in [3.63, 3.8) is 0 Å². The number of rotatable bonds is 8. The molecule has 14 nitrogen and oxygen atoms in total. The third-order valence-corrected chi connectivity index (χ3v) is 6.78. The smallest absolute Gasteiger partial charge is 0.387 e. The molecule has 0 bridgehead atoms. The summed E-state index contributed by atoms with van der Waals surface area (Å²) in [6, 6.07) is 1.12. The number of ether oxygens (including phenoxy) is 1. The van der Waals surface area contributed by atoms with Crippen molar-refractivity contribution in [2.45, 2.75) is 24.5 Å². The van der Waals surface area contributed by atoms with E-state index in [4.69, 9.17) is 31.3 Å². The van der Waals surface area contributed by atoms with Gasteiger partial charge in [-0.3, -0.25) is 23.5 Å². The highest BCUT2D eigenvalue weighted by Gasteiger charge is 2.44. The third kappa shape index (κ3) is 6.50. The van der Waals surface area contributed by atoms with E-state index in [1.54, 1.807) is 0 Å². The summed E-state index contributed by atoms with van der Waals surface area (Å²) in [7, 11) is -12.4. The highest BCUT2D eigenvalue weighted by atomic mass is 32.1. The van der Waals surface area contributed by atoms with Gasteiger partial charge in [0.2, 0.25) is 0 Å². The Morgan fingerprint density at radius 3 is 2.56 bits per heavy atom. The molecule has 27 heavy (non-hydrogen) atoms. The van der Waals surface area contributed by atoms with Crippen LogP contribution in [-0.4, -0.2) is 54.5 Å². The van der Waals surface area contributed by atoms with E-state index >= 15 is 0 Å². The summed E-state index contributed by atoms with van der Waals surface area (Å²) in [4.78, 5) is 30.4. The maximum atomic E-state index is 11.5. The number of nitrogens with one attached hydrogen (secondary N) is 1. The van der Waals surface area contributed by atoms with Crippen molar-refractivity contribution in [3.05, 3.63) is 27.4 Å². The minimum atomic E-state index is -5.09. The lowest BCUT2D eigenvalue weighted by atomic mass is 10.1. The number of aliphatic hydroxyl groups is 2. The van der Waals surface area contributed by atoms with Crippen LogP contribution in [0.1, 0.15) is 6.23 Å². The van der Waals surface area contributed by atoms with Crippen molar-refractivity contribution in [2.24, 2.45) is 0 Å². The van der Waals surface area contributed by atoms with Crippen LogP contribution in [0.2, 0.25) is 0 Å². The predicted molar refractivity (Wildman–Crippen MR) is 90.0 cm³/mol. The molecule has 5 N–H and O–H groups in total. The fraction of sp³-hybridized carbons (Fsp3) is 0.556. The second kappa shape index (κ2) is 9.31. The van der Waals surface area contributed by atoms with Crippen LogP contribution in [0.5, 0.6) is 0 Å². The molecule has 0 aromatic carbocycles. The first-order chi connectivity index (χ1) is 12.5. The molecule has 6 atom stereocenters. The van der Waals surface area contributed by atoms with Gasteiger partial charge >= 0.3 is 24.3 Å². The first-order valence-electron chi connectivity index (χ1n) is 6.94.